The van der Waals surface area contributed by atoms with Gasteiger partial charge in [0.1, 0.15) is 5.75 Å². The molecule has 1 aliphatic rings. The van der Waals surface area contributed by atoms with E-state index in [1.165, 1.54) is 17.5 Å². The first-order chi connectivity index (χ1) is 9.99. The topological polar surface area (TPSA) is 29.5 Å². The fraction of sp³-hybridized carbons (Fsp3) is 0.611. The van der Waals surface area contributed by atoms with Crippen LogP contribution in [0.1, 0.15) is 57.1 Å². The van der Waals surface area contributed by atoms with Crippen LogP contribution in [0.4, 0.5) is 0 Å². The molecule has 1 aromatic rings. The second kappa shape index (κ2) is 6.97. The number of ether oxygens (including phenoxy) is 1. The first-order valence-electron chi connectivity index (χ1n) is 8.05. The van der Waals surface area contributed by atoms with Gasteiger partial charge < -0.3 is 9.64 Å². The van der Waals surface area contributed by atoms with E-state index in [0.717, 1.165) is 31.7 Å². The minimum atomic E-state index is -0.410. The minimum Gasteiger partial charge on any atom is -0.481 e. The van der Waals surface area contributed by atoms with Crippen LogP contribution in [0.5, 0.6) is 5.75 Å². The van der Waals surface area contributed by atoms with Crippen LogP contribution < -0.4 is 4.74 Å². The molecule has 0 bridgehead atoms. The van der Waals surface area contributed by atoms with Crippen molar-refractivity contribution < 1.29 is 9.53 Å². The van der Waals surface area contributed by atoms with E-state index in [-0.39, 0.29) is 5.91 Å². The van der Waals surface area contributed by atoms with Gasteiger partial charge in [-0.2, -0.15) is 0 Å². The number of amides is 1. The van der Waals surface area contributed by atoms with E-state index in [9.17, 15) is 4.79 Å². The molecule has 0 N–H and O–H groups in total. The predicted molar refractivity (Wildman–Crippen MR) is 85.8 cm³/mol. The number of carbonyl (C=O) groups excluding carboxylic acids is 1. The van der Waals surface area contributed by atoms with Crippen LogP contribution in [0.25, 0.3) is 0 Å². The first-order valence-corrected chi connectivity index (χ1v) is 8.05. The highest BCUT2D eigenvalue weighted by molar-refractivity contribution is 5.81. The Bertz CT molecular complexity index is 490. The Kier molecular flexibility index (Phi) is 5.27. The van der Waals surface area contributed by atoms with Crippen molar-refractivity contribution in [1.29, 1.82) is 0 Å². The highest BCUT2D eigenvalue weighted by Gasteiger charge is 2.23. The van der Waals surface area contributed by atoms with Gasteiger partial charge in [-0.15, -0.1) is 0 Å². The number of carbonyl (C=O) groups is 1. The largest absolute Gasteiger partial charge is 0.481 e. The van der Waals surface area contributed by atoms with Crippen LogP contribution >= 0.6 is 0 Å². The van der Waals surface area contributed by atoms with Crippen LogP contribution in [0.3, 0.4) is 0 Å². The molecule has 0 radical (unpaired) electrons. The van der Waals surface area contributed by atoms with Crippen molar-refractivity contribution in [3.63, 3.8) is 0 Å². The summed E-state index contributed by atoms with van der Waals surface area (Å²) in [6.45, 7) is 10.1. The van der Waals surface area contributed by atoms with Gasteiger partial charge in [0, 0.05) is 13.1 Å². The molecule has 1 unspecified atom stereocenters. The maximum atomic E-state index is 12.4. The Labute approximate surface area is 128 Å². The van der Waals surface area contributed by atoms with Gasteiger partial charge in [0.05, 0.1) is 0 Å². The minimum absolute atomic E-state index is 0.111. The third-order valence-electron chi connectivity index (χ3n) is 4.19. The molecule has 0 saturated carbocycles. The Hall–Kier alpha value is -1.51. The van der Waals surface area contributed by atoms with E-state index < -0.39 is 6.10 Å². The normalized spacial score (nSPS) is 16.9. The SMILES string of the molecule is Cc1cc(OC(C)C(=O)N2CCCCC2)ccc1C(C)C. The molecular formula is C18H27NO2. The van der Waals surface area contributed by atoms with Crippen LogP contribution in [-0.2, 0) is 4.79 Å². The zero-order valence-electron chi connectivity index (χ0n) is 13.7. The van der Waals surface area contributed by atoms with Crippen LogP contribution in [0, 0.1) is 6.92 Å². The summed E-state index contributed by atoms with van der Waals surface area (Å²) < 4.78 is 5.85. The lowest BCUT2D eigenvalue weighted by Crippen LogP contribution is -2.43. The molecule has 1 heterocycles. The summed E-state index contributed by atoms with van der Waals surface area (Å²) in [5.41, 5.74) is 2.55. The molecule has 0 aliphatic carbocycles. The Morgan fingerprint density at radius 3 is 2.38 bits per heavy atom. The monoisotopic (exact) mass is 289 g/mol. The van der Waals surface area contributed by atoms with Gasteiger partial charge in [0.25, 0.3) is 5.91 Å². The summed E-state index contributed by atoms with van der Waals surface area (Å²) in [5, 5.41) is 0. The van der Waals surface area contributed by atoms with E-state index in [4.69, 9.17) is 4.74 Å². The van der Waals surface area contributed by atoms with Gasteiger partial charge in [-0.3, -0.25) is 4.79 Å². The van der Waals surface area contributed by atoms with Crippen molar-refractivity contribution in [3.05, 3.63) is 29.3 Å². The van der Waals surface area contributed by atoms with Gasteiger partial charge in [-0.1, -0.05) is 19.9 Å². The molecule has 0 spiro atoms. The number of hydrogen-bond donors (Lipinski definition) is 0. The molecule has 116 valence electrons. The van der Waals surface area contributed by atoms with Crippen molar-refractivity contribution in [3.8, 4) is 5.75 Å². The summed E-state index contributed by atoms with van der Waals surface area (Å²) >= 11 is 0. The average molecular weight is 289 g/mol. The summed E-state index contributed by atoms with van der Waals surface area (Å²) in [7, 11) is 0. The quantitative estimate of drug-likeness (QED) is 0.841. The third kappa shape index (κ3) is 3.99. The molecule has 1 amide bonds. The van der Waals surface area contributed by atoms with Crippen LogP contribution in [-0.4, -0.2) is 30.0 Å². The van der Waals surface area contributed by atoms with E-state index in [0.29, 0.717) is 5.92 Å². The Morgan fingerprint density at radius 2 is 1.81 bits per heavy atom. The summed E-state index contributed by atoms with van der Waals surface area (Å²) in [6.07, 6.45) is 3.04. The van der Waals surface area contributed by atoms with Gasteiger partial charge in [-0.25, -0.2) is 0 Å². The maximum Gasteiger partial charge on any atom is 0.263 e. The fourth-order valence-corrected chi connectivity index (χ4v) is 3.00. The molecule has 3 heteroatoms. The van der Waals surface area contributed by atoms with Crippen molar-refractivity contribution >= 4 is 5.91 Å². The van der Waals surface area contributed by atoms with Crippen LogP contribution in [0.15, 0.2) is 18.2 Å². The molecule has 0 aromatic heterocycles. The molecule has 2 rings (SSSR count). The fourth-order valence-electron chi connectivity index (χ4n) is 3.00. The van der Waals surface area contributed by atoms with Gasteiger partial charge in [0.15, 0.2) is 6.10 Å². The summed E-state index contributed by atoms with van der Waals surface area (Å²) in [6, 6.07) is 6.12. The van der Waals surface area contributed by atoms with Crippen molar-refractivity contribution in [2.45, 2.75) is 59.0 Å². The number of aryl methyl sites for hydroxylation is 1. The number of benzene rings is 1. The Morgan fingerprint density at radius 1 is 1.14 bits per heavy atom. The third-order valence-corrected chi connectivity index (χ3v) is 4.19. The predicted octanol–water partition coefficient (Wildman–Crippen LogP) is 3.90. The number of nitrogens with zero attached hydrogens (tertiary/aromatic N) is 1. The first kappa shape index (κ1) is 15.9. The number of rotatable bonds is 4. The number of hydrogen-bond acceptors (Lipinski definition) is 2. The molecule has 1 aromatic carbocycles. The highest BCUT2D eigenvalue weighted by atomic mass is 16.5. The lowest BCUT2D eigenvalue weighted by atomic mass is 9.98. The summed E-state index contributed by atoms with van der Waals surface area (Å²) in [4.78, 5) is 14.3. The zero-order chi connectivity index (χ0) is 15.4. The van der Waals surface area contributed by atoms with Gasteiger partial charge in [-0.05, 0) is 62.3 Å². The molecule has 1 atom stereocenters. The van der Waals surface area contributed by atoms with E-state index >= 15 is 0 Å². The van der Waals surface area contributed by atoms with Crippen molar-refractivity contribution in [2.24, 2.45) is 0 Å². The lowest BCUT2D eigenvalue weighted by molar-refractivity contribution is -0.138. The van der Waals surface area contributed by atoms with E-state index in [1.54, 1.807) is 0 Å². The van der Waals surface area contributed by atoms with E-state index in [1.807, 2.05) is 24.0 Å². The zero-order valence-corrected chi connectivity index (χ0v) is 13.7. The standard InChI is InChI=1S/C18H27NO2/c1-13(2)17-9-8-16(12-14(17)3)21-15(4)18(20)19-10-6-5-7-11-19/h8-9,12-13,15H,5-7,10-11H2,1-4H3. The Balaban J connectivity index is 2.00. The van der Waals surface area contributed by atoms with Crippen molar-refractivity contribution in [1.82, 2.24) is 4.90 Å². The van der Waals surface area contributed by atoms with Crippen LogP contribution in [0.2, 0.25) is 0 Å². The van der Waals surface area contributed by atoms with Gasteiger partial charge >= 0.3 is 0 Å². The van der Waals surface area contributed by atoms with Gasteiger partial charge in [0.2, 0.25) is 0 Å². The molecular weight excluding hydrogens is 262 g/mol. The molecule has 1 fully saturated rings. The second-order valence-electron chi connectivity index (χ2n) is 6.32. The second-order valence-corrected chi connectivity index (χ2v) is 6.32. The van der Waals surface area contributed by atoms with Crippen molar-refractivity contribution in [2.75, 3.05) is 13.1 Å². The maximum absolute atomic E-state index is 12.4. The molecule has 1 saturated heterocycles. The highest BCUT2D eigenvalue weighted by Crippen LogP contribution is 2.24. The molecule has 21 heavy (non-hydrogen) atoms. The van der Waals surface area contributed by atoms with E-state index in [2.05, 4.69) is 26.8 Å². The number of likely N-dealkylation sites (tertiary alicyclic amines) is 1. The molecule has 1 aliphatic heterocycles. The smallest absolute Gasteiger partial charge is 0.263 e. The number of piperidine rings is 1. The lowest BCUT2D eigenvalue weighted by Gasteiger charge is -2.29. The molecule has 3 nitrogen and oxygen atoms in total. The average Bonchev–Trinajstić information content (AvgIpc) is 2.47. The summed E-state index contributed by atoms with van der Waals surface area (Å²) in [5.74, 6) is 1.40.